The minimum Gasteiger partial charge on any atom is -0.421 e. The SMILES string of the molecule is O=C(CCCc1nnc(-c2ccccc2)o1)N[C@@H]1CCCc2ccccc21. The minimum atomic E-state index is 0.0829. The van der Waals surface area contributed by atoms with E-state index in [1.807, 2.05) is 36.4 Å². The largest absolute Gasteiger partial charge is 0.421 e. The topological polar surface area (TPSA) is 68.0 Å². The molecule has 1 aliphatic rings. The van der Waals surface area contributed by atoms with Gasteiger partial charge in [0.25, 0.3) is 0 Å². The van der Waals surface area contributed by atoms with Gasteiger partial charge in [0.05, 0.1) is 6.04 Å². The van der Waals surface area contributed by atoms with Crippen LogP contribution >= 0.6 is 0 Å². The van der Waals surface area contributed by atoms with Gasteiger partial charge in [-0.3, -0.25) is 4.79 Å². The first-order chi connectivity index (χ1) is 13.3. The molecule has 0 saturated heterocycles. The molecule has 0 unspecified atom stereocenters. The highest BCUT2D eigenvalue weighted by Crippen LogP contribution is 2.29. The van der Waals surface area contributed by atoms with Gasteiger partial charge in [0.1, 0.15) is 0 Å². The van der Waals surface area contributed by atoms with Crippen LogP contribution in [-0.2, 0) is 17.6 Å². The van der Waals surface area contributed by atoms with Gasteiger partial charge < -0.3 is 9.73 Å². The Morgan fingerprint density at radius 3 is 2.78 bits per heavy atom. The molecular weight excluding hydrogens is 338 g/mol. The van der Waals surface area contributed by atoms with E-state index in [1.165, 1.54) is 11.1 Å². The Morgan fingerprint density at radius 1 is 1.07 bits per heavy atom. The van der Waals surface area contributed by atoms with Gasteiger partial charge in [-0.1, -0.05) is 42.5 Å². The van der Waals surface area contributed by atoms with Crippen molar-refractivity contribution < 1.29 is 9.21 Å². The molecule has 1 N–H and O–H groups in total. The Morgan fingerprint density at radius 2 is 1.89 bits per heavy atom. The van der Waals surface area contributed by atoms with Crippen molar-refractivity contribution in [2.45, 2.75) is 44.6 Å². The zero-order valence-corrected chi connectivity index (χ0v) is 15.2. The van der Waals surface area contributed by atoms with Gasteiger partial charge in [0.2, 0.25) is 17.7 Å². The number of carbonyl (C=O) groups excluding carboxylic acids is 1. The van der Waals surface area contributed by atoms with Crippen LogP contribution in [-0.4, -0.2) is 16.1 Å². The number of rotatable bonds is 6. The highest BCUT2D eigenvalue weighted by molar-refractivity contribution is 5.76. The summed E-state index contributed by atoms with van der Waals surface area (Å²) in [6.07, 6.45) is 4.98. The molecule has 2 aromatic carbocycles. The quantitative estimate of drug-likeness (QED) is 0.712. The number of hydrogen-bond acceptors (Lipinski definition) is 4. The average molecular weight is 361 g/mol. The Hall–Kier alpha value is -2.95. The number of hydrogen-bond donors (Lipinski definition) is 1. The van der Waals surface area contributed by atoms with E-state index in [4.69, 9.17) is 4.42 Å². The van der Waals surface area contributed by atoms with Crippen molar-refractivity contribution >= 4 is 5.91 Å². The maximum Gasteiger partial charge on any atom is 0.247 e. The maximum absolute atomic E-state index is 12.4. The van der Waals surface area contributed by atoms with E-state index < -0.39 is 0 Å². The van der Waals surface area contributed by atoms with E-state index in [-0.39, 0.29) is 11.9 Å². The zero-order chi connectivity index (χ0) is 18.5. The summed E-state index contributed by atoms with van der Waals surface area (Å²) in [5, 5.41) is 11.4. The number of nitrogens with one attached hydrogen (secondary N) is 1. The van der Waals surface area contributed by atoms with Crippen LogP contribution in [0.3, 0.4) is 0 Å². The summed E-state index contributed by atoms with van der Waals surface area (Å²) in [4.78, 5) is 12.4. The fraction of sp³-hybridized carbons (Fsp3) is 0.318. The van der Waals surface area contributed by atoms with Crippen molar-refractivity contribution in [3.05, 3.63) is 71.6 Å². The van der Waals surface area contributed by atoms with Crippen LogP contribution in [0.15, 0.2) is 59.0 Å². The smallest absolute Gasteiger partial charge is 0.247 e. The highest BCUT2D eigenvalue weighted by Gasteiger charge is 2.21. The van der Waals surface area contributed by atoms with Crippen LogP contribution in [0.5, 0.6) is 0 Å². The van der Waals surface area contributed by atoms with Crippen molar-refractivity contribution in [2.75, 3.05) is 0 Å². The molecule has 1 aliphatic carbocycles. The lowest BCUT2D eigenvalue weighted by Gasteiger charge is -2.26. The Balaban J connectivity index is 1.28. The highest BCUT2D eigenvalue weighted by atomic mass is 16.4. The van der Waals surface area contributed by atoms with E-state index in [9.17, 15) is 4.79 Å². The lowest BCUT2D eigenvalue weighted by molar-refractivity contribution is -0.122. The summed E-state index contributed by atoms with van der Waals surface area (Å²) in [5.74, 6) is 1.18. The summed E-state index contributed by atoms with van der Waals surface area (Å²) in [6.45, 7) is 0. The van der Waals surface area contributed by atoms with Crippen LogP contribution < -0.4 is 5.32 Å². The van der Waals surface area contributed by atoms with Gasteiger partial charge in [0.15, 0.2) is 0 Å². The molecule has 4 rings (SSSR count). The lowest BCUT2D eigenvalue weighted by atomic mass is 9.87. The predicted octanol–water partition coefficient (Wildman–Crippen LogP) is 4.25. The molecule has 0 radical (unpaired) electrons. The third kappa shape index (κ3) is 4.25. The normalized spacial score (nSPS) is 15.9. The van der Waals surface area contributed by atoms with Crippen LogP contribution in [0.4, 0.5) is 0 Å². The first-order valence-corrected chi connectivity index (χ1v) is 9.54. The molecule has 5 heteroatoms. The van der Waals surface area contributed by atoms with E-state index in [2.05, 4.69) is 33.7 Å². The van der Waals surface area contributed by atoms with Crippen LogP contribution in [0.25, 0.3) is 11.5 Å². The van der Waals surface area contributed by atoms with Crippen LogP contribution in [0.2, 0.25) is 0 Å². The Bertz CT molecular complexity index is 905. The summed E-state index contributed by atoms with van der Waals surface area (Å²) in [6, 6.07) is 18.2. The average Bonchev–Trinajstić information content (AvgIpc) is 3.18. The number of amides is 1. The Kier molecular flexibility index (Phi) is 5.28. The second-order valence-electron chi connectivity index (χ2n) is 6.93. The van der Waals surface area contributed by atoms with Gasteiger partial charge in [0, 0.05) is 18.4 Å². The van der Waals surface area contributed by atoms with Crippen molar-refractivity contribution in [1.29, 1.82) is 0 Å². The number of nitrogens with zero attached hydrogens (tertiary/aromatic N) is 2. The number of benzene rings is 2. The van der Waals surface area contributed by atoms with Gasteiger partial charge >= 0.3 is 0 Å². The molecule has 0 aliphatic heterocycles. The van der Waals surface area contributed by atoms with E-state index in [1.54, 1.807) is 0 Å². The first kappa shape index (κ1) is 17.5. The van der Waals surface area contributed by atoms with Crippen molar-refractivity contribution in [1.82, 2.24) is 15.5 Å². The molecule has 0 saturated carbocycles. The molecule has 1 atom stereocenters. The number of aromatic nitrogens is 2. The molecule has 0 fully saturated rings. The van der Waals surface area contributed by atoms with Gasteiger partial charge in [-0.25, -0.2) is 0 Å². The van der Waals surface area contributed by atoms with Crippen molar-refractivity contribution in [3.63, 3.8) is 0 Å². The molecule has 3 aromatic rings. The van der Waals surface area contributed by atoms with Gasteiger partial charge in [-0.15, -0.1) is 10.2 Å². The molecule has 1 heterocycles. The third-order valence-electron chi connectivity index (χ3n) is 4.99. The molecule has 1 aromatic heterocycles. The molecule has 5 nitrogen and oxygen atoms in total. The van der Waals surface area contributed by atoms with E-state index >= 15 is 0 Å². The number of fused-ring (bicyclic) bond motifs is 1. The summed E-state index contributed by atoms with van der Waals surface area (Å²) >= 11 is 0. The summed E-state index contributed by atoms with van der Waals surface area (Å²) < 4.78 is 5.69. The Labute approximate surface area is 158 Å². The van der Waals surface area contributed by atoms with Crippen molar-refractivity contribution in [2.24, 2.45) is 0 Å². The maximum atomic E-state index is 12.4. The number of aryl methyl sites for hydroxylation is 2. The second kappa shape index (κ2) is 8.16. The molecule has 0 spiro atoms. The molecule has 138 valence electrons. The summed E-state index contributed by atoms with van der Waals surface area (Å²) in [7, 11) is 0. The lowest BCUT2D eigenvalue weighted by Crippen LogP contribution is -2.30. The van der Waals surface area contributed by atoms with Gasteiger partial charge in [-0.2, -0.15) is 0 Å². The van der Waals surface area contributed by atoms with E-state index in [0.717, 1.165) is 24.8 Å². The second-order valence-corrected chi connectivity index (χ2v) is 6.93. The van der Waals surface area contributed by atoms with Crippen LogP contribution in [0.1, 0.15) is 48.7 Å². The molecular formula is C22H23N3O2. The number of carbonyl (C=O) groups is 1. The summed E-state index contributed by atoms with van der Waals surface area (Å²) in [5.41, 5.74) is 3.53. The predicted molar refractivity (Wildman–Crippen MR) is 103 cm³/mol. The molecule has 27 heavy (non-hydrogen) atoms. The minimum absolute atomic E-state index is 0.0829. The monoisotopic (exact) mass is 361 g/mol. The van der Waals surface area contributed by atoms with Crippen LogP contribution in [0, 0.1) is 0 Å². The fourth-order valence-electron chi connectivity index (χ4n) is 3.62. The third-order valence-corrected chi connectivity index (χ3v) is 4.99. The zero-order valence-electron chi connectivity index (χ0n) is 15.2. The van der Waals surface area contributed by atoms with E-state index in [0.29, 0.717) is 31.0 Å². The standard InChI is InChI=1S/C22H23N3O2/c26-20(23-19-13-6-11-16-8-4-5-12-18(16)19)14-7-15-21-24-25-22(27-21)17-9-2-1-3-10-17/h1-5,8-10,12,19H,6-7,11,13-15H2,(H,23,26)/t19-/m1/s1. The van der Waals surface area contributed by atoms with Crippen molar-refractivity contribution in [3.8, 4) is 11.5 Å². The first-order valence-electron chi connectivity index (χ1n) is 9.54. The fourth-order valence-corrected chi connectivity index (χ4v) is 3.62. The van der Waals surface area contributed by atoms with Gasteiger partial charge in [-0.05, 0) is 48.9 Å². The molecule has 0 bridgehead atoms. The molecule has 1 amide bonds.